The zero-order valence-corrected chi connectivity index (χ0v) is 20.2. The summed E-state index contributed by atoms with van der Waals surface area (Å²) in [6.45, 7) is 1.77. The maximum Gasteiger partial charge on any atom is 0.490 e. The summed E-state index contributed by atoms with van der Waals surface area (Å²) in [5, 5.41) is 20.2. The average molecular weight is 552 g/mol. The molecular weight excluding hydrogens is 529 g/mol. The first kappa shape index (κ1) is 28.9. The molecule has 0 radical (unpaired) electrons. The Morgan fingerprint density at radius 3 is 2.21 bits per heavy atom. The van der Waals surface area contributed by atoms with Crippen molar-refractivity contribution >= 4 is 23.5 Å². The van der Waals surface area contributed by atoms with Crippen LogP contribution in [0.3, 0.4) is 0 Å². The zero-order chi connectivity index (χ0) is 25.9. The molecule has 1 aliphatic heterocycles. The van der Waals surface area contributed by atoms with Crippen LogP contribution in [-0.4, -0.2) is 66.0 Å². The van der Waals surface area contributed by atoms with E-state index in [1.54, 1.807) is 13.8 Å². The van der Waals surface area contributed by atoms with Gasteiger partial charge in [-0.15, -0.1) is 0 Å². The molecule has 3 unspecified atom stereocenters. The molecule has 194 valence electrons. The summed E-state index contributed by atoms with van der Waals surface area (Å²) in [4.78, 5) is 53.5. The highest BCUT2D eigenvalue weighted by Gasteiger charge is 2.47. The number of hydrogen-bond acceptors (Lipinski definition) is 12. The lowest BCUT2D eigenvalue weighted by Crippen LogP contribution is -2.37. The largest absolute Gasteiger partial charge is 0.490 e. The quantitative estimate of drug-likeness (QED) is 0.149. The minimum absolute atomic E-state index is 0.484. The van der Waals surface area contributed by atoms with Crippen molar-refractivity contribution in [2.24, 2.45) is 0 Å². The van der Waals surface area contributed by atoms with Crippen LogP contribution in [0.25, 0.3) is 0 Å². The molecule has 34 heavy (non-hydrogen) atoms. The summed E-state index contributed by atoms with van der Waals surface area (Å²) >= 11 is 0. The Kier molecular flexibility index (Phi) is 9.52. The van der Waals surface area contributed by atoms with Gasteiger partial charge in [0, 0.05) is 12.3 Å². The van der Waals surface area contributed by atoms with Gasteiger partial charge in [-0.25, -0.2) is 18.5 Å². The summed E-state index contributed by atoms with van der Waals surface area (Å²) in [6.07, 6.45) is -4.30. The first-order valence-corrected chi connectivity index (χ1v) is 13.7. The Bertz CT molecular complexity index is 1160. The van der Waals surface area contributed by atoms with Crippen LogP contribution in [-0.2, 0) is 36.1 Å². The van der Waals surface area contributed by atoms with Crippen LogP contribution < -0.4 is 11.2 Å². The van der Waals surface area contributed by atoms with Gasteiger partial charge in [0.15, 0.2) is 6.23 Å². The van der Waals surface area contributed by atoms with Crippen molar-refractivity contribution in [2.75, 3.05) is 13.2 Å². The maximum atomic E-state index is 12.0. The number of ether oxygens (including phenoxy) is 1. The highest BCUT2D eigenvalue weighted by Crippen LogP contribution is 2.67. The van der Waals surface area contributed by atoms with Crippen LogP contribution >= 0.6 is 23.5 Å². The van der Waals surface area contributed by atoms with Crippen LogP contribution in [0, 0.1) is 0 Å². The molecule has 0 aliphatic carbocycles. The fourth-order valence-corrected chi connectivity index (χ4v) is 5.96. The maximum absolute atomic E-state index is 12.0. The lowest BCUT2D eigenvalue weighted by atomic mass is 10.1. The number of nitrogens with zero attached hydrogens (tertiary/aromatic N) is 1. The van der Waals surface area contributed by atoms with Crippen LogP contribution in [0.4, 0.5) is 0 Å². The zero-order valence-electron chi connectivity index (χ0n) is 17.6. The van der Waals surface area contributed by atoms with E-state index < -0.39 is 72.5 Å². The number of aromatic amines is 1. The Balaban J connectivity index is 1.99. The lowest BCUT2D eigenvalue weighted by Gasteiger charge is -2.20. The number of aliphatic hydroxyl groups is 2. The van der Waals surface area contributed by atoms with E-state index in [-0.39, 0.29) is 0 Å². The van der Waals surface area contributed by atoms with E-state index in [1.807, 2.05) is 4.98 Å². The predicted molar refractivity (Wildman–Crippen MR) is 110 cm³/mol. The van der Waals surface area contributed by atoms with Gasteiger partial charge >= 0.3 is 29.2 Å². The molecule has 1 aromatic heterocycles. The van der Waals surface area contributed by atoms with E-state index in [9.17, 15) is 48.2 Å². The monoisotopic (exact) mass is 552 g/mol. The predicted octanol–water partition coefficient (Wildman–Crippen LogP) is -0.510. The van der Waals surface area contributed by atoms with Gasteiger partial charge in [-0.05, 0) is 13.8 Å². The minimum Gasteiger partial charge on any atom is -0.387 e. The van der Waals surface area contributed by atoms with E-state index in [4.69, 9.17) is 4.74 Å². The van der Waals surface area contributed by atoms with Crippen molar-refractivity contribution in [1.82, 2.24) is 9.55 Å². The molecule has 0 amide bonds. The number of phosphoric acid groups is 3. The molecule has 7 atom stereocenters. The SMILES string of the molecule is CC(C)=CCOP(=O)(O)OP(=O)(O)OP(=O)(O)OC[C@H]1O[C@@H](n2ccc(=O)[nH]c2=O)[C@H](O)[C@@H]1O. The number of nitrogens with one attached hydrogen (secondary N) is 1. The fraction of sp³-hybridized carbons (Fsp3) is 0.571. The molecule has 0 saturated carbocycles. The molecule has 1 fully saturated rings. The molecule has 2 heterocycles. The van der Waals surface area contributed by atoms with Gasteiger partial charge in [-0.1, -0.05) is 11.6 Å². The van der Waals surface area contributed by atoms with Crippen LogP contribution in [0.2, 0.25) is 0 Å². The van der Waals surface area contributed by atoms with Crippen molar-refractivity contribution in [3.63, 3.8) is 0 Å². The molecule has 0 spiro atoms. The van der Waals surface area contributed by atoms with Crippen LogP contribution in [0.5, 0.6) is 0 Å². The molecule has 1 aromatic rings. The number of allylic oxidation sites excluding steroid dienone is 1. The third-order valence-corrected chi connectivity index (χ3v) is 8.26. The summed E-state index contributed by atoms with van der Waals surface area (Å²) in [6, 6.07) is 0.936. The van der Waals surface area contributed by atoms with E-state index in [2.05, 4.69) is 17.7 Å². The number of hydrogen-bond donors (Lipinski definition) is 6. The van der Waals surface area contributed by atoms with E-state index in [0.717, 1.165) is 16.8 Å². The second kappa shape index (κ2) is 11.2. The van der Waals surface area contributed by atoms with Crippen molar-refractivity contribution in [3.05, 3.63) is 44.8 Å². The first-order valence-electron chi connectivity index (χ1n) is 9.18. The number of rotatable bonds is 11. The van der Waals surface area contributed by atoms with Crippen molar-refractivity contribution < 1.29 is 61.0 Å². The van der Waals surface area contributed by atoms with Crippen molar-refractivity contribution in [3.8, 4) is 0 Å². The number of aromatic nitrogens is 2. The summed E-state index contributed by atoms with van der Waals surface area (Å²) < 4.78 is 58.1. The van der Waals surface area contributed by atoms with Crippen LogP contribution in [0.1, 0.15) is 20.1 Å². The van der Waals surface area contributed by atoms with Gasteiger partial charge in [-0.3, -0.25) is 23.4 Å². The average Bonchev–Trinajstić information content (AvgIpc) is 2.92. The number of phosphoric ester groups is 2. The molecule has 0 aromatic carbocycles. The third-order valence-electron chi connectivity index (χ3n) is 4.01. The van der Waals surface area contributed by atoms with Crippen molar-refractivity contribution in [1.29, 1.82) is 0 Å². The molecule has 0 bridgehead atoms. The second-order valence-electron chi connectivity index (χ2n) is 7.01. The lowest BCUT2D eigenvalue weighted by molar-refractivity contribution is -0.0542. The summed E-state index contributed by atoms with van der Waals surface area (Å²) in [5.41, 5.74) is -1.04. The van der Waals surface area contributed by atoms with Gasteiger partial charge in [0.05, 0.1) is 13.2 Å². The van der Waals surface area contributed by atoms with Gasteiger partial charge in [0.2, 0.25) is 0 Å². The molecule has 1 saturated heterocycles. The number of H-pyrrole nitrogens is 1. The van der Waals surface area contributed by atoms with E-state index >= 15 is 0 Å². The van der Waals surface area contributed by atoms with Gasteiger partial charge < -0.3 is 29.6 Å². The second-order valence-corrected chi connectivity index (χ2v) is 11.6. The topological polar surface area (TPSA) is 253 Å². The van der Waals surface area contributed by atoms with Gasteiger partial charge in [0.25, 0.3) is 5.56 Å². The Morgan fingerprint density at radius 1 is 1.06 bits per heavy atom. The Hall–Kier alpha value is -1.29. The van der Waals surface area contributed by atoms with E-state index in [1.165, 1.54) is 6.08 Å². The molecule has 17 nitrogen and oxygen atoms in total. The Labute approximate surface area is 191 Å². The normalized spacial score (nSPS) is 28.0. The minimum atomic E-state index is -5.69. The first-order chi connectivity index (χ1) is 15.5. The fourth-order valence-electron chi connectivity index (χ4n) is 2.51. The van der Waals surface area contributed by atoms with Crippen molar-refractivity contribution in [2.45, 2.75) is 38.4 Å². The summed E-state index contributed by atoms with van der Waals surface area (Å²) in [7, 11) is -16.4. The smallest absolute Gasteiger partial charge is 0.387 e. The van der Waals surface area contributed by atoms with Crippen LogP contribution in [0.15, 0.2) is 33.5 Å². The molecule has 20 heteroatoms. The van der Waals surface area contributed by atoms with Gasteiger partial charge in [0.1, 0.15) is 18.3 Å². The summed E-state index contributed by atoms with van der Waals surface area (Å²) in [5.74, 6) is 0. The molecule has 2 rings (SSSR count). The van der Waals surface area contributed by atoms with E-state index in [0.29, 0.717) is 5.57 Å². The Morgan fingerprint density at radius 2 is 1.65 bits per heavy atom. The highest BCUT2D eigenvalue weighted by molar-refractivity contribution is 7.66. The third kappa shape index (κ3) is 8.43. The molecule has 6 N–H and O–H groups in total. The molecule has 1 aliphatic rings. The standard InChI is InChI=1S/C14H23N2O15P3/c1-8(2)4-6-27-32(21,22)30-34(25,26)31-33(23,24)28-7-9-11(18)12(19)13(29-9)16-5-3-10(17)15-14(16)20/h3-5,9,11-13,18-19H,6-7H2,1-2H3,(H,21,22)(H,23,24)(H,25,26)(H,15,17,20)/t9-,11-,12-,13-/m1/s1. The molecular formula is C14H23N2O15P3. The van der Waals surface area contributed by atoms with Gasteiger partial charge in [-0.2, -0.15) is 8.62 Å². The highest BCUT2D eigenvalue weighted by atomic mass is 31.3. The number of aliphatic hydroxyl groups excluding tert-OH is 2.